The first-order valence-electron chi connectivity index (χ1n) is 9.82. The minimum Gasteiger partial charge on any atom is -0.506 e. The number of anilines is 2. The quantitative estimate of drug-likeness (QED) is 0.361. The number of hydrogen-bond acceptors (Lipinski definition) is 6. The Bertz CT molecular complexity index is 1220. The maximum Gasteiger partial charge on any atom is 0.313 e. The number of sulfonamides is 1. The van der Waals surface area contributed by atoms with Gasteiger partial charge in [0.15, 0.2) is 0 Å². The summed E-state index contributed by atoms with van der Waals surface area (Å²) in [5.74, 6) is -1.35. The highest BCUT2D eigenvalue weighted by Crippen LogP contribution is 2.40. The number of benzene rings is 3. The van der Waals surface area contributed by atoms with E-state index in [-0.39, 0.29) is 22.1 Å². The van der Waals surface area contributed by atoms with Gasteiger partial charge in [0.05, 0.1) is 21.2 Å². The number of rotatable bonds is 7. The molecule has 0 aromatic heterocycles. The second kappa shape index (κ2) is 8.68. The molecule has 3 aromatic rings. The fraction of sp³-hybridized carbons (Fsp3) is 0.227. The zero-order chi connectivity index (χ0) is 22.0. The average molecular weight is 459 g/mol. The number of carboxylic acid groups (broad SMARTS) is 1. The van der Waals surface area contributed by atoms with Crippen LogP contribution in [0.15, 0.2) is 64.4 Å². The van der Waals surface area contributed by atoms with Crippen LogP contribution in [0, 0.1) is 0 Å². The van der Waals surface area contributed by atoms with Crippen molar-refractivity contribution in [1.82, 2.24) is 0 Å². The Kier molecular flexibility index (Phi) is 5.97. The normalized spacial score (nSPS) is 14.1. The van der Waals surface area contributed by atoms with E-state index in [4.69, 9.17) is 5.11 Å². The first kappa shape index (κ1) is 21.3. The molecule has 4 rings (SSSR count). The third kappa shape index (κ3) is 4.57. The van der Waals surface area contributed by atoms with Gasteiger partial charge < -0.3 is 15.1 Å². The number of hydrogen-bond donors (Lipinski definition) is 3. The highest BCUT2D eigenvalue weighted by atomic mass is 32.2. The second-order valence-corrected chi connectivity index (χ2v) is 9.99. The molecular weight excluding hydrogens is 436 g/mol. The molecule has 9 heteroatoms. The van der Waals surface area contributed by atoms with E-state index in [1.54, 1.807) is 36.4 Å². The van der Waals surface area contributed by atoms with Crippen molar-refractivity contribution in [3.8, 4) is 5.75 Å². The lowest BCUT2D eigenvalue weighted by molar-refractivity contribution is -0.133. The van der Waals surface area contributed by atoms with Gasteiger partial charge in [-0.3, -0.25) is 9.52 Å². The third-order valence-corrected chi connectivity index (χ3v) is 7.59. The number of fused-ring (bicyclic) bond motifs is 1. The molecule has 0 aliphatic carbocycles. The van der Waals surface area contributed by atoms with Gasteiger partial charge in [-0.2, -0.15) is 0 Å². The van der Waals surface area contributed by atoms with Crippen LogP contribution in [-0.4, -0.2) is 43.4 Å². The molecule has 3 aromatic carbocycles. The van der Waals surface area contributed by atoms with Crippen LogP contribution in [0.3, 0.4) is 0 Å². The van der Waals surface area contributed by atoms with Gasteiger partial charge in [0, 0.05) is 29.5 Å². The van der Waals surface area contributed by atoms with Crippen molar-refractivity contribution in [2.75, 3.05) is 28.5 Å². The third-order valence-electron chi connectivity index (χ3n) is 5.19. The lowest BCUT2D eigenvalue weighted by atomic mass is 10.1. The molecule has 7 nitrogen and oxygen atoms in total. The van der Waals surface area contributed by atoms with Gasteiger partial charge in [0.2, 0.25) is 0 Å². The largest absolute Gasteiger partial charge is 0.506 e. The van der Waals surface area contributed by atoms with Crippen molar-refractivity contribution >= 4 is 49.9 Å². The van der Waals surface area contributed by atoms with E-state index in [9.17, 15) is 18.3 Å². The number of carbonyl (C=O) groups is 1. The van der Waals surface area contributed by atoms with E-state index in [1.165, 1.54) is 6.07 Å². The summed E-state index contributed by atoms with van der Waals surface area (Å²) in [7, 11) is -3.88. The average Bonchev–Trinajstić information content (AvgIpc) is 3.30. The molecular formula is C22H22N2O5S2. The molecule has 31 heavy (non-hydrogen) atoms. The van der Waals surface area contributed by atoms with Crippen molar-refractivity contribution in [2.45, 2.75) is 22.6 Å². The summed E-state index contributed by atoms with van der Waals surface area (Å²) in [6.07, 6.45) is 2.27. The number of carboxylic acids is 1. The van der Waals surface area contributed by atoms with Gasteiger partial charge in [0.1, 0.15) is 5.75 Å². The molecule has 0 unspecified atom stereocenters. The molecule has 1 aliphatic rings. The smallest absolute Gasteiger partial charge is 0.313 e. The predicted molar refractivity (Wildman–Crippen MR) is 123 cm³/mol. The number of aliphatic carboxylic acids is 1. The molecule has 1 saturated heterocycles. The van der Waals surface area contributed by atoms with E-state index >= 15 is 0 Å². The summed E-state index contributed by atoms with van der Waals surface area (Å²) in [5.41, 5.74) is 1.28. The molecule has 0 bridgehead atoms. The van der Waals surface area contributed by atoms with Crippen molar-refractivity contribution in [2.24, 2.45) is 0 Å². The fourth-order valence-electron chi connectivity index (χ4n) is 3.68. The monoisotopic (exact) mass is 458 g/mol. The van der Waals surface area contributed by atoms with Gasteiger partial charge in [0.25, 0.3) is 10.0 Å². The van der Waals surface area contributed by atoms with Crippen LogP contribution in [0.2, 0.25) is 0 Å². The van der Waals surface area contributed by atoms with Gasteiger partial charge in [-0.05, 0) is 43.2 Å². The van der Waals surface area contributed by atoms with Crippen molar-refractivity contribution in [3.63, 3.8) is 0 Å². The molecule has 0 amide bonds. The first-order valence-corrected chi connectivity index (χ1v) is 12.3. The molecule has 1 fully saturated rings. The second-order valence-electron chi connectivity index (χ2n) is 7.29. The predicted octanol–water partition coefficient (Wildman–Crippen LogP) is 4.12. The molecule has 1 heterocycles. The first-order chi connectivity index (χ1) is 14.8. The minimum absolute atomic E-state index is 0.0697. The Morgan fingerprint density at radius 1 is 1.03 bits per heavy atom. The summed E-state index contributed by atoms with van der Waals surface area (Å²) in [4.78, 5) is 13.6. The SMILES string of the molecule is O=C(O)CSc1cc(NS(=O)(=O)c2ccc(N3CCCC3)cc2)c2ccccc2c1O. The van der Waals surface area contributed by atoms with E-state index in [0.717, 1.165) is 43.4 Å². The van der Waals surface area contributed by atoms with Crippen LogP contribution in [0.1, 0.15) is 12.8 Å². The fourth-order valence-corrected chi connectivity index (χ4v) is 5.48. The zero-order valence-electron chi connectivity index (χ0n) is 16.6. The molecule has 0 spiro atoms. The van der Waals surface area contributed by atoms with Gasteiger partial charge >= 0.3 is 5.97 Å². The Morgan fingerprint density at radius 3 is 2.32 bits per heavy atom. The van der Waals surface area contributed by atoms with Crippen LogP contribution in [0.5, 0.6) is 5.75 Å². The highest BCUT2D eigenvalue weighted by Gasteiger charge is 2.20. The van der Waals surface area contributed by atoms with E-state index < -0.39 is 16.0 Å². The molecule has 3 N–H and O–H groups in total. The minimum atomic E-state index is -3.88. The molecule has 0 radical (unpaired) electrons. The number of aromatic hydroxyl groups is 1. The van der Waals surface area contributed by atoms with E-state index in [1.807, 2.05) is 12.1 Å². The Morgan fingerprint density at radius 2 is 1.68 bits per heavy atom. The lowest BCUT2D eigenvalue weighted by Crippen LogP contribution is -2.18. The number of thioether (sulfide) groups is 1. The van der Waals surface area contributed by atoms with E-state index in [2.05, 4.69) is 9.62 Å². The van der Waals surface area contributed by atoms with Crippen LogP contribution < -0.4 is 9.62 Å². The standard InChI is InChI=1S/C22H22N2O5S2/c25-21(26)14-30-20-13-19(17-5-1-2-6-18(17)22(20)27)23-31(28,29)16-9-7-15(8-10-16)24-11-3-4-12-24/h1-2,5-10,13,23,27H,3-4,11-12,14H2,(H,25,26). The summed E-state index contributed by atoms with van der Waals surface area (Å²) in [5, 5.41) is 20.5. The summed E-state index contributed by atoms with van der Waals surface area (Å²) >= 11 is 0.932. The van der Waals surface area contributed by atoms with Gasteiger partial charge in [-0.25, -0.2) is 8.42 Å². The molecule has 0 saturated carbocycles. The van der Waals surface area contributed by atoms with Crippen LogP contribution in [0.4, 0.5) is 11.4 Å². The molecule has 162 valence electrons. The number of nitrogens with one attached hydrogen (secondary N) is 1. The molecule has 1 aliphatic heterocycles. The van der Waals surface area contributed by atoms with Crippen LogP contribution in [0.25, 0.3) is 10.8 Å². The Balaban J connectivity index is 1.67. The van der Waals surface area contributed by atoms with Crippen molar-refractivity contribution in [3.05, 3.63) is 54.6 Å². The highest BCUT2D eigenvalue weighted by molar-refractivity contribution is 8.00. The van der Waals surface area contributed by atoms with Crippen molar-refractivity contribution < 1.29 is 23.4 Å². The van der Waals surface area contributed by atoms with Crippen LogP contribution >= 0.6 is 11.8 Å². The summed E-state index contributed by atoms with van der Waals surface area (Å²) in [6, 6.07) is 15.1. The maximum absolute atomic E-state index is 13.1. The maximum atomic E-state index is 13.1. The van der Waals surface area contributed by atoms with Gasteiger partial charge in [-0.1, -0.05) is 24.3 Å². The summed E-state index contributed by atoms with van der Waals surface area (Å²) in [6.45, 7) is 1.95. The Hall–Kier alpha value is -2.91. The lowest BCUT2D eigenvalue weighted by Gasteiger charge is -2.18. The zero-order valence-corrected chi connectivity index (χ0v) is 18.2. The van der Waals surface area contributed by atoms with Crippen LogP contribution in [-0.2, 0) is 14.8 Å². The summed E-state index contributed by atoms with van der Waals surface area (Å²) < 4.78 is 28.7. The molecule has 0 atom stereocenters. The van der Waals surface area contributed by atoms with Gasteiger partial charge in [-0.15, -0.1) is 11.8 Å². The Labute approximate surface area is 184 Å². The number of phenolic OH excluding ortho intramolecular Hbond substituents is 1. The number of nitrogens with zero attached hydrogens (tertiary/aromatic N) is 1. The van der Waals surface area contributed by atoms with E-state index in [0.29, 0.717) is 15.7 Å². The topological polar surface area (TPSA) is 107 Å². The van der Waals surface area contributed by atoms with Crippen molar-refractivity contribution in [1.29, 1.82) is 0 Å². The number of phenols is 1.